The SMILES string of the molecule is COCCCN(CCOC)C(C)C(C)CNC(C)(C)C. The summed E-state index contributed by atoms with van der Waals surface area (Å²) in [6.45, 7) is 16.0. The van der Waals surface area contributed by atoms with Gasteiger partial charge >= 0.3 is 0 Å². The van der Waals surface area contributed by atoms with E-state index in [1.807, 2.05) is 0 Å². The van der Waals surface area contributed by atoms with E-state index in [0.717, 1.165) is 39.3 Å². The quantitative estimate of drug-likeness (QED) is 0.592. The highest BCUT2D eigenvalue weighted by Crippen LogP contribution is 2.12. The molecule has 0 amide bonds. The van der Waals surface area contributed by atoms with Gasteiger partial charge in [-0.1, -0.05) is 6.92 Å². The van der Waals surface area contributed by atoms with Crippen LogP contribution in [0.25, 0.3) is 0 Å². The molecule has 0 saturated heterocycles. The molecule has 0 aromatic heterocycles. The van der Waals surface area contributed by atoms with Crippen molar-refractivity contribution in [2.24, 2.45) is 5.92 Å². The van der Waals surface area contributed by atoms with Gasteiger partial charge in [0.15, 0.2) is 0 Å². The van der Waals surface area contributed by atoms with E-state index in [2.05, 4.69) is 44.8 Å². The molecule has 122 valence electrons. The number of hydrogen-bond acceptors (Lipinski definition) is 4. The molecule has 0 spiro atoms. The average molecular weight is 288 g/mol. The monoisotopic (exact) mass is 288 g/mol. The third kappa shape index (κ3) is 9.70. The lowest BCUT2D eigenvalue weighted by molar-refractivity contribution is 0.0909. The Morgan fingerprint density at radius 2 is 1.60 bits per heavy atom. The summed E-state index contributed by atoms with van der Waals surface area (Å²) in [5, 5.41) is 3.60. The number of methoxy groups -OCH3 is 2. The van der Waals surface area contributed by atoms with Crippen LogP contribution in [0.2, 0.25) is 0 Å². The minimum absolute atomic E-state index is 0.182. The molecule has 4 heteroatoms. The molecule has 0 fully saturated rings. The largest absolute Gasteiger partial charge is 0.385 e. The molecule has 0 aromatic carbocycles. The fourth-order valence-electron chi connectivity index (χ4n) is 2.14. The number of rotatable bonds is 11. The molecule has 2 unspecified atom stereocenters. The Hall–Kier alpha value is -0.160. The zero-order valence-corrected chi connectivity index (χ0v) is 14.7. The lowest BCUT2D eigenvalue weighted by Gasteiger charge is -2.34. The fourth-order valence-corrected chi connectivity index (χ4v) is 2.14. The van der Waals surface area contributed by atoms with Gasteiger partial charge in [-0.15, -0.1) is 0 Å². The van der Waals surface area contributed by atoms with Crippen LogP contribution >= 0.6 is 0 Å². The van der Waals surface area contributed by atoms with Crippen LogP contribution < -0.4 is 5.32 Å². The van der Waals surface area contributed by atoms with Crippen LogP contribution in [0.5, 0.6) is 0 Å². The number of ether oxygens (including phenoxy) is 2. The third-order valence-electron chi connectivity index (χ3n) is 3.73. The Balaban J connectivity index is 4.30. The average Bonchev–Trinajstić information content (AvgIpc) is 2.38. The van der Waals surface area contributed by atoms with E-state index in [1.165, 1.54) is 0 Å². The third-order valence-corrected chi connectivity index (χ3v) is 3.73. The normalized spacial score (nSPS) is 15.6. The van der Waals surface area contributed by atoms with Gasteiger partial charge in [-0.25, -0.2) is 0 Å². The van der Waals surface area contributed by atoms with Crippen LogP contribution in [-0.4, -0.2) is 63.5 Å². The first-order valence-corrected chi connectivity index (χ1v) is 7.78. The van der Waals surface area contributed by atoms with E-state index in [9.17, 15) is 0 Å². The zero-order valence-electron chi connectivity index (χ0n) is 14.7. The molecule has 0 rings (SSSR count). The molecular formula is C16H36N2O2. The van der Waals surface area contributed by atoms with Gasteiger partial charge < -0.3 is 14.8 Å². The van der Waals surface area contributed by atoms with Crippen molar-refractivity contribution in [2.75, 3.05) is 47.1 Å². The minimum atomic E-state index is 0.182. The first-order chi connectivity index (χ1) is 9.31. The van der Waals surface area contributed by atoms with Crippen LogP contribution in [0, 0.1) is 5.92 Å². The molecule has 0 radical (unpaired) electrons. The fraction of sp³-hybridized carbons (Fsp3) is 1.00. The molecule has 0 aliphatic rings. The Morgan fingerprint density at radius 3 is 2.10 bits per heavy atom. The summed E-state index contributed by atoms with van der Waals surface area (Å²) in [5.74, 6) is 0.605. The Bertz CT molecular complexity index is 229. The van der Waals surface area contributed by atoms with Crippen molar-refractivity contribution >= 4 is 0 Å². The maximum absolute atomic E-state index is 5.23. The molecule has 0 heterocycles. The lowest BCUT2D eigenvalue weighted by Crippen LogP contribution is -2.46. The van der Waals surface area contributed by atoms with Gasteiger partial charge in [0.05, 0.1) is 6.61 Å². The van der Waals surface area contributed by atoms with E-state index in [0.29, 0.717) is 12.0 Å². The molecule has 4 nitrogen and oxygen atoms in total. The van der Waals surface area contributed by atoms with Gasteiger partial charge in [0.2, 0.25) is 0 Å². The zero-order chi connectivity index (χ0) is 15.6. The number of nitrogens with zero attached hydrogens (tertiary/aromatic N) is 1. The molecule has 0 saturated carbocycles. The van der Waals surface area contributed by atoms with Crippen molar-refractivity contribution in [1.82, 2.24) is 10.2 Å². The Morgan fingerprint density at radius 1 is 1.00 bits per heavy atom. The predicted molar refractivity (Wildman–Crippen MR) is 86.3 cm³/mol. The molecule has 2 atom stereocenters. The minimum Gasteiger partial charge on any atom is -0.385 e. The smallest absolute Gasteiger partial charge is 0.0589 e. The van der Waals surface area contributed by atoms with E-state index in [1.54, 1.807) is 14.2 Å². The van der Waals surface area contributed by atoms with Gasteiger partial charge in [-0.3, -0.25) is 4.90 Å². The van der Waals surface area contributed by atoms with Crippen LogP contribution in [-0.2, 0) is 9.47 Å². The molecular weight excluding hydrogens is 252 g/mol. The first kappa shape index (κ1) is 19.8. The molecule has 0 aromatic rings. The standard InChI is InChI=1S/C16H36N2O2/c1-14(13-17-16(3,4)5)15(2)18(10-12-20-7)9-8-11-19-6/h14-15,17H,8-13H2,1-7H3. The maximum Gasteiger partial charge on any atom is 0.0589 e. The van der Waals surface area contributed by atoms with Gasteiger partial charge in [-0.2, -0.15) is 0 Å². The van der Waals surface area contributed by atoms with E-state index >= 15 is 0 Å². The van der Waals surface area contributed by atoms with Crippen LogP contribution in [0.1, 0.15) is 41.0 Å². The highest BCUT2D eigenvalue weighted by molar-refractivity contribution is 4.78. The second-order valence-electron chi connectivity index (χ2n) is 6.72. The van der Waals surface area contributed by atoms with Crippen molar-refractivity contribution in [1.29, 1.82) is 0 Å². The lowest BCUT2D eigenvalue weighted by atomic mass is 9.99. The summed E-state index contributed by atoms with van der Waals surface area (Å²) in [5.41, 5.74) is 0.182. The van der Waals surface area contributed by atoms with Gasteiger partial charge in [0, 0.05) is 45.5 Å². The maximum atomic E-state index is 5.23. The molecule has 0 aliphatic carbocycles. The summed E-state index contributed by atoms with van der Waals surface area (Å²) in [6, 6.07) is 0.539. The van der Waals surface area contributed by atoms with E-state index in [-0.39, 0.29) is 5.54 Å². The highest BCUT2D eigenvalue weighted by Gasteiger charge is 2.21. The van der Waals surface area contributed by atoms with E-state index in [4.69, 9.17) is 9.47 Å². The summed E-state index contributed by atoms with van der Waals surface area (Å²) in [4.78, 5) is 2.51. The van der Waals surface area contributed by atoms with Gasteiger partial charge in [-0.05, 0) is 46.6 Å². The Labute approximate surface area is 126 Å². The second kappa shape index (κ2) is 10.6. The van der Waals surface area contributed by atoms with Gasteiger partial charge in [0.1, 0.15) is 0 Å². The van der Waals surface area contributed by atoms with Crippen molar-refractivity contribution in [2.45, 2.75) is 52.6 Å². The number of hydrogen-bond donors (Lipinski definition) is 1. The summed E-state index contributed by atoms with van der Waals surface area (Å²) >= 11 is 0. The summed E-state index contributed by atoms with van der Waals surface area (Å²) in [6.07, 6.45) is 1.07. The molecule has 20 heavy (non-hydrogen) atoms. The predicted octanol–water partition coefficient (Wildman–Crippen LogP) is 2.38. The first-order valence-electron chi connectivity index (χ1n) is 7.78. The number of nitrogens with one attached hydrogen (secondary N) is 1. The van der Waals surface area contributed by atoms with Crippen LogP contribution in [0.15, 0.2) is 0 Å². The summed E-state index contributed by atoms with van der Waals surface area (Å²) in [7, 11) is 3.53. The highest BCUT2D eigenvalue weighted by atomic mass is 16.5. The summed E-state index contributed by atoms with van der Waals surface area (Å²) < 4.78 is 10.4. The van der Waals surface area contributed by atoms with Crippen molar-refractivity contribution in [3.63, 3.8) is 0 Å². The molecule has 0 bridgehead atoms. The van der Waals surface area contributed by atoms with Crippen LogP contribution in [0.4, 0.5) is 0 Å². The van der Waals surface area contributed by atoms with Crippen molar-refractivity contribution in [3.8, 4) is 0 Å². The molecule has 0 aliphatic heterocycles. The molecule has 1 N–H and O–H groups in total. The second-order valence-corrected chi connectivity index (χ2v) is 6.72. The van der Waals surface area contributed by atoms with Crippen LogP contribution in [0.3, 0.4) is 0 Å². The Kier molecular flexibility index (Phi) is 10.5. The van der Waals surface area contributed by atoms with Gasteiger partial charge in [0.25, 0.3) is 0 Å². The van der Waals surface area contributed by atoms with Crippen molar-refractivity contribution in [3.05, 3.63) is 0 Å². The topological polar surface area (TPSA) is 33.7 Å². The van der Waals surface area contributed by atoms with Crippen molar-refractivity contribution < 1.29 is 9.47 Å². The van der Waals surface area contributed by atoms with E-state index < -0.39 is 0 Å².